The maximum absolute atomic E-state index is 12.2. The molecule has 0 fully saturated rings. The summed E-state index contributed by atoms with van der Waals surface area (Å²) in [5, 5.41) is 22.6. The maximum Gasteiger partial charge on any atom is 0.225 e. The fourth-order valence-electron chi connectivity index (χ4n) is 3.00. The fourth-order valence-corrected chi connectivity index (χ4v) is 3.93. The first-order valence-electron chi connectivity index (χ1n) is 9.63. The van der Waals surface area contributed by atoms with Gasteiger partial charge in [-0.2, -0.15) is 10.5 Å². The van der Waals surface area contributed by atoms with E-state index in [-0.39, 0.29) is 29.3 Å². The Labute approximate surface area is 184 Å². The Hall–Kier alpha value is -3.88. The second-order valence-corrected chi connectivity index (χ2v) is 7.67. The summed E-state index contributed by atoms with van der Waals surface area (Å²) in [6, 6.07) is 15.4. The number of nitrogen functional groups attached to an aromatic ring is 1. The fraction of sp³-hybridized carbons (Fsp3) is 0.174. The second kappa shape index (κ2) is 10.2. The molecule has 3 rings (SSSR count). The van der Waals surface area contributed by atoms with E-state index in [0.29, 0.717) is 22.0 Å². The molecule has 0 atom stereocenters. The van der Waals surface area contributed by atoms with Crippen molar-refractivity contribution in [3.63, 3.8) is 0 Å². The van der Waals surface area contributed by atoms with Crippen molar-refractivity contribution >= 4 is 29.2 Å². The van der Waals surface area contributed by atoms with E-state index in [1.54, 1.807) is 24.5 Å². The van der Waals surface area contributed by atoms with Crippen LogP contribution in [0.5, 0.6) is 0 Å². The lowest BCUT2D eigenvalue weighted by Crippen LogP contribution is -2.12. The van der Waals surface area contributed by atoms with E-state index in [4.69, 9.17) is 5.73 Å². The number of thioether (sulfide) groups is 1. The average molecular weight is 429 g/mol. The molecule has 3 aromatic rings. The van der Waals surface area contributed by atoms with E-state index in [1.807, 2.05) is 24.3 Å². The van der Waals surface area contributed by atoms with Gasteiger partial charge in [0.2, 0.25) is 5.91 Å². The largest absolute Gasteiger partial charge is 0.383 e. The lowest BCUT2D eigenvalue weighted by Gasteiger charge is -2.13. The lowest BCUT2D eigenvalue weighted by molar-refractivity contribution is -0.115. The third-order valence-electron chi connectivity index (χ3n) is 4.58. The summed E-state index contributed by atoms with van der Waals surface area (Å²) in [5.41, 5.74) is 9.48. The number of nitriles is 2. The molecule has 0 saturated heterocycles. The summed E-state index contributed by atoms with van der Waals surface area (Å²) >= 11 is 1.26. The number of rotatable bonds is 7. The summed E-state index contributed by atoms with van der Waals surface area (Å²) < 4.78 is 0. The predicted octanol–water partition coefficient (Wildman–Crippen LogP) is 4.15. The molecule has 7 nitrogen and oxygen atoms in total. The smallest absolute Gasteiger partial charge is 0.225 e. The normalized spacial score (nSPS) is 10.2. The van der Waals surface area contributed by atoms with Crippen molar-refractivity contribution in [2.75, 3.05) is 16.8 Å². The van der Waals surface area contributed by atoms with Gasteiger partial charge >= 0.3 is 0 Å². The van der Waals surface area contributed by atoms with Crippen LogP contribution in [0, 0.1) is 22.7 Å². The molecular formula is C23H20N6OS. The van der Waals surface area contributed by atoms with Crippen molar-refractivity contribution in [1.82, 2.24) is 9.97 Å². The number of nitrogens with one attached hydrogen (secondary N) is 1. The zero-order valence-electron chi connectivity index (χ0n) is 16.9. The van der Waals surface area contributed by atoms with Gasteiger partial charge in [-0.05, 0) is 29.7 Å². The van der Waals surface area contributed by atoms with Gasteiger partial charge in [0.05, 0.1) is 17.4 Å². The number of hydrogen-bond donors (Lipinski definition) is 2. The minimum absolute atomic E-state index is 0.0679. The number of nitrogens with zero attached hydrogens (tertiary/aromatic N) is 4. The van der Waals surface area contributed by atoms with Crippen LogP contribution in [0.4, 0.5) is 11.5 Å². The molecule has 2 aromatic heterocycles. The molecule has 3 N–H and O–H groups in total. The number of carbonyl (C=O) groups is 1. The molecule has 31 heavy (non-hydrogen) atoms. The third kappa shape index (κ3) is 5.19. The molecule has 1 aromatic carbocycles. The van der Waals surface area contributed by atoms with Gasteiger partial charge in [0.15, 0.2) is 0 Å². The van der Waals surface area contributed by atoms with Crippen LogP contribution in [0.15, 0.2) is 53.8 Å². The molecular weight excluding hydrogens is 408 g/mol. The van der Waals surface area contributed by atoms with Crippen molar-refractivity contribution in [1.29, 1.82) is 10.5 Å². The number of benzene rings is 1. The van der Waals surface area contributed by atoms with Gasteiger partial charge in [-0.3, -0.25) is 9.78 Å². The Balaban J connectivity index is 1.84. The monoisotopic (exact) mass is 428 g/mol. The van der Waals surface area contributed by atoms with Crippen LogP contribution in [-0.4, -0.2) is 21.6 Å². The Bertz CT molecular complexity index is 1160. The van der Waals surface area contributed by atoms with Gasteiger partial charge < -0.3 is 11.1 Å². The first-order valence-corrected chi connectivity index (χ1v) is 10.6. The SMILES string of the molecule is CCc1ccc(-c2c(C#N)c(N)nc(SCCC(=O)Nc3cccnc3)c2C#N)cc1. The number of pyridine rings is 2. The number of aromatic nitrogens is 2. The Morgan fingerprint density at radius 2 is 1.90 bits per heavy atom. The first-order chi connectivity index (χ1) is 15.1. The molecule has 0 aliphatic rings. The van der Waals surface area contributed by atoms with Gasteiger partial charge in [0.25, 0.3) is 0 Å². The van der Waals surface area contributed by atoms with Crippen LogP contribution in [0.2, 0.25) is 0 Å². The first kappa shape index (κ1) is 21.8. The Morgan fingerprint density at radius 1 is 1.16 bits per heavy atom. The highest BCUT2D eigenvalue weighted by Gasteiger charge is 2.20. The zero-order chi connectivity index (χ0) is 22.2. The molecule has 0 spiro atoms. The summed E-state index contributed by atoms with van der Waals surface area (Å²) in [7, 11) is 0. The van der Waals surface area contributed by atoms with Crippen molar-refractivity contribution in [2.24, 2.45) is 0 Å². The van der Waals surface area contributed by atoms with E-state index in [0.717, 1.165) is 17.5 Å². The summed E-state index contributed by atoms with van der Waals surface area (Å²) in [5.74, 6) is 0.294. The quantitative estimate of drug-likeness (QED) is 0.541. The minimum atomic E-state index is -0.170. The van der Waals surface area contributed by atoms with Crippen molar-refractivity contribution < 1.29 is 4.79 Å². The van der Waals surface area contributed by atoms with E-state index in [9.17, 15) is 15.3 Å². The van der Waals surface area contributed by atoms with Crippen LogP contribution in [0.25, 0.3) is 11.1 Å². The van der Waals surface area contributed by atoms with Crippen LogP contribution in [-0.2, 0) is 11.2 Å². The number of carbonyl (C=O) groups excluding carboxylic acids is 1. The predicted molar refractivity (Wildman–Crippen MR) is 121 cm³/mol. The van der Waals surface area contributed by atoms with Crippen molar-refractivity contribution in [3.8, 4) is 23.3 Å². The van der Waals surface area contributed by atoms with E-state index in [2.05, 4.69) is 34.3 Å². The lowest BCUT2D eigenvalue weighted by atomic mass is 9.96. The number of amides is 1. The highest BCUT2D eigenvalue weighted by Crippen LogP contribution is 2.35. The molecule has 0 aliphatic heterocycles. The van der Waals surface area contributed by atoms with E-state index < -0.39 is 0 Å². The standard InChI is InChI=1S/C23H20N6OS/c1-2-15-5-7-16(8-6-15)21-18(12-24)22(26)29-23(19(21)13-25)31-11-9-20(30)28-17-4-3-10-27-14-17/h3-8,10,14H,2,9,11H2,1H3,(H2,26,29)(H,28,30). The second-order valence-electron chi connectivity index (χ2n) is 6.59. The molecule has 0 bridgehead atoms. The Morgan fingerprint density at radius 3 is 2.52 bits per heavy atom. The van der Waals surface area contributed by atoms with Gasteiger partial charge in [-0.25, -0.2) is 4.98 Å². The van der Waals surface area contributed by atoms with Crippen LogP contribution in [0.1, 0.15) is 30.0 Å². The zero-order valence-corrected chi connectivity index (χ0v) is 17.7. The number of hydrogen-bond acceptors (Lipinski definition) is 7. The molecule has 1 amide bonds. The van der Waals surface area contributed by atoms with Gasteiger partial charge in [-0.15, -0.1) is 11.8 Å². The highest BCUT2D eigenvalue weighted by molar-refractivity contribution is 7.99. The molecule has 8 heteroatoms. The van der Waals surface area contributed by atoms with Crippen LogP contribution in [0.3, 0.4) is 0 Å². The third-order valence-corrected chi connectivity index (χ3v) is 5.56. The minimum Gasteiger partial charge on any atom is -0.383 e. The Kier molecular flexibility index (Phi) is 7.21. The highest BCUT2D eigenvalue weighted by atomic mass is 32.2. The summed E-state index contributed by atoms with van der Waals surface area (Å²) in [6.07, 6.45) is 4.30. The maximum atomic E-state index is 12.2. The molecule has 0 aliphatic carbocycles. The van der Waals surface area contributed by atoms with E-state index in [1.165, 1.54) is 11.8 Å². The van der Waals surface area contributed by atoms with Gasteiger partial charge in [-0.1, -0.05) is 31.2 Å². The molecule has 2 heterocycles. The molecule has 154 valence electrons. The summed E-state index contributed by atoms with van der Waals surface area (Å²) in [6.45, 7) is 2.06. The van der Waals surface area contributed by atoms with Gasteiger partial charge in [0.1, 0.15) is 28.5 Å². The molecule has 0 saturated carbocycles. The topological polar surface area (TPSA) is 128 Å². The average Bonchev–Trinajstić information content (AvgIpc) is 2.79. The molecule has 0 unspecified atom stereocenters. The number of nitrogens with two attached hydrogens (primary N) is 1. The molecule has 0 radical (unpaired) electrons. The van der Waals surface area contributed by atoms with Crippen molar-refractivity contribution in [2.45, 2.75) is 24.8 Å². The number of anilines is 2. The van der Waals surface area contributed by atoms with Crippen LogP contribution >= 0.6 is 11.8 Å². The van der Waals surface area contributed by atoms with Gasteiger partial charge in [0, 0.05) is 23.9 Å². The number of aryl methyl sites for hydroxylation is 1. The summed E-state index contributed by atoms with van der Waals surface area (Å²) in [4.78, 5) is 20.4. The van der Waals surface area contributed by atoms with E-state index >= 15 is 0 Å². The van der Waals surface area contributed by atoms with Crippen LogP contribution < -0.4 is 11.1 Å². The van der Waals surface area contributed by atoms with Crippen molar-refractivity contribution in [3.05, 3.63) is 65.5 Å².